The van der Waals surface area contributed by atoms with Gasteiger partial charge in [-0.2, -0.15) is 0 Å². The van der Waals surface area contributed by atoms with Crippen LogP contribution in [0.3, 0.4) is 0 Å². The molecule has 2 fully saturated rings. The second kappa shape index (κ2) is 6.43. The number of carbonyl (C=O) groups excluding carboxylic acids is 1. The smallest absolute Gasteiger partial charge is 0.326 e. The minimum absolute atomic E-state index is 0.281. The molecule has 6 nitrogen and oxygen atoms in total. The monoisotopic (exact) mass is 284 g/mol. The molecule has 6 heteroatoms. The summed E-state index contributed by atoms with van der Waals surface area (Å²) in [7, 11) is 0. The lowest BCUT2D eigenvalue weighted by Gasteiger charge is -2.30. The number of hydrogen-bond acceptors (Lipinski definition) is 3. The van der Waals surface area contributed by atoms with Crippen LogP contribution in [-0.2, 0) is 9.53 Å². The molecule has 0 spiro atoms. The first-order valence-electron chi connectivity index (χ1n) is 7.43. The fraction of sp³-hybridized carbons (Fsp3) is 0.857. The van der Waals surface area contributed by atoms with Gasteiger partial charge in [0.2, 0.25) is 0 Å². The molecule has 0 radical (unpaired) electrons. The zero-order valence-electron chi connectivity index (χ0n) is 12.1. The number of nitrogens with one attached hydrogen (secondary N) is 1. The van der Waals surface area contributed by atoms with Gasteiger partial charge in [-0.1, -0.05) is 12.8 Å². The molecule has 2 atom stereocenters. The maximum Gasteiger partial charge on any atom is 0.326 e. The summed E-state index contributed by atoms with van der Waals surface area (Å²) in [4.78, 5) is 25.0. The molecular formula is C14H24N2O4. The summed E-state index contributed by atoms with van der Waals surface area (Å²) in [6.45, 7) is 3.67. The van der Waals surface area contributed by atoms with Gasteiger partial charge in [0.05, 0.1) is 5.60 Å². The molecule has 0 aromatic rings. The molecule has 0 aliphatic carbocycles. The lowest BCUT2D eigenvalue weighted by molar-refractivity contribution is -0.142. The Morgan fingerprint density at radius 2 is 2.15 bits per heavy atom. The van der Waals surface area contributed by atoms with Gasteiger partial charge < -0.3 is 20.1 Å². The Bertz CT molecular complexity index is 366. The van der Waals surface area contributed by atoms with Crippen LogP contribution in [0, 0.1) is 0 Å². The van der Waals surface area contributed by atoms with Crippen molar-refractivity contribution in [2.24, 2.45) is 0 Å². The molecule has 0 aromatic carbocycles. The van der Waals surface area contributed by atoms with Crippen molar-refractivity contribution >= 4 is 12.0 Å². The van der Waals surface area contributed by atoms with Crippen LogP contribution >= 0.6 is 0 Å². The standard InChI is InChI=1S/C14H24N2O4/c1-14(7-5-9-20-14)10-15-13(19)16-8-4-2-3-6-11(16)12(17)18/h11H,2-10H2,1H3,(H,15,19)(H,17,18). The van der Waals surface area contributed by atoms with E-state index in [-0.39, 0.29) is 11.6 Å². The molecule has 2 aliphatic rings. The molecule has 2 amide bonds. The van der Waals surface area contributed by atoms with Gasteiger partial charge in [0.1, 0.15) is 6.04 Å². The highest BCUT2D eigenvalue weighted by Crippen LogP contribution is 2.24. The molecule has 2 heterocycles. The highest BCUT2D eigenvalue weighted by molar-refractivity contribution is 5.82. The van der Waals surface area contributed by atoms with E-state index in [1.165, 1.54) is 4.90 Å². The molecule has 0 saturated carbocycles. The predicted molar refractivity (Wildman–Crippen MR) is 73.6 cm³/mol. The summed E-state index contributed by atoms with van der Waals surface area (Å²) < 4.78 is 5.63. The van der Waals surface area contributed by atoms with E-state index in [4.69, 9.17) is 4.74 Å². The topological polar surface area (TPSA) is 78.9 Å². The van der Waals surface area contributed by atoms with Gasteiger partial charge in [-0.05, 0) is 32.6 Å². The van der Waals surface area contributed by atoms with Crippen LogP contribution in [-0.4, -0.2) is 53.3 Å². The van der Waals surface area contributed by atoms with E-state index in [1.54, 1.807) is 0 Å². The number of ether oxygens (including phenoxy) is 1. The van der Waals surface area contributed by atoms with Crippen molar-refractivity contribution in [2.75, 3.05) is 19.7 Å². The molecule has 20 heavy (non-hydrogen) atoms. The number of urea groups is 1. The van der Waals surface area contributed by atoms with E-state index in [0.717, 1.165) is 38.7 Å². The molecule has 2 N–H and O–H groups in total. The number of amides is 2. The van der Waals surface area contributed by atoms with E-state index in [0.29, 0.717) is 19.5 Å². The maximum absolute atomic E-state index is 12.3. The molecular weight excluding hydrogens is 260 g/mol. The van der Waals surface area contributed by atoms with Gasteiger partial charge in [-0.3, -0.25) is 0 Å². The Kier molecular flexibility index (Phi) is 4.86. The Labute approximate surface area is 119 Å². The van der Waals surface area contributed by atoms with Gasteiger partial charge in [-0.25, -0.2) is 9.59 Å². The number of carboxylic acids is 1. The van der Waals surface area contributed by atoms with Crippen molar-refractivity contribution in [2.45, 2.75) is 57.1 Å². The zero-order chi connectivity index (χ0) is 14.6. The maximum atomic E-state index is 12.3. The molecule has 2 rings (SSSR count). The van der Waals surface area contributed by atoms with Gasteiger partial charge in [0, 0.05) is 19.7 Å². The Balaban J connectivity index is 1.93. The second-order valence-electron chi connectivity index (χ2n) is 5.96. The number of nitrogens with zero attached hydrogens (tertiary/aromatic N) is 1. The molecule has 0 bridgehead atoms. The first-order chi connectivity index (χ1) is 9.52. The molecule has 0 aromatic heterocycles. The van der Waals surface area contributed by atoms with Crippen LogP contribution in [0.25, 0.3) is 0 Å². The van der Waals surface area contributed by atoms with Gasteiger partial charge >= 0.3 is 12.0 Å². The van der Waals surface area contributed by atoms with Gasteiger partial charge in [0.25, 0.3) is 0 Å². The third-order valence-electron chi connectivity index (χ3n) is 4.21. The first kappa shape index (κ1) is 15.1. The largest absolute Gasteiger partial charge is 0.480 e. The molecule has 114 valence electrons. The number of hydrogen-bond donors (Lipinski definition) is 2. The highest BCUT2D eigenvalue weighted by Gasteiger charge is 2.34. The van der Waals surface area contributed by atoms with E-state index in [9.17, 15) is 14.7 Å². The summed E-state index contributed by atoms with van der Waals surface area (Å²) in [5.41, 5.74) is -0.305. The zero-order valence-corrected chi connectivity index (χ0v) is 12.1. The summed E-state index contributed by atoms with van der Waals surface area (Å²) in [5, 5.41) is 12.1. The van der Waals surface area contributed by atoms with Crippen LogP contribution in [0.1, 0.15) is 45.4 Å². The molecule has 2 unspecified atom stereocenters. The Morgan fingerprint density at radius 1 is 1.35 bits per heavy atom. The molecule has 2 aliphatic heterocycles. The Hall–Kier alpha value is -1.30. The van der Waals surface area contributed by atoms with Crippen molar-refractivity contribution in [3.05, 3.63) is 0 Å². The predicted octanol–water partition coefficient (Wildman–Crippen LogP) is 1.59. The van der Waals surface area contributed by atoms with Crippen LogP contribution in [0.4, 0.5) is 4.79 Å². The van der Waals surface area contributed by atoms with E-state index in [1.807, 2.05) is 6.92 Å². The third kappa shape index (κ3) is 3.62. The van der Waals surface area contributed by atoms with E-state index in [2.05, 4.69) is 5.32 Å². The van der Waals surface area contributed by atoms with Crippen LogP contribution in [0.5, 0.6) is 0 Å². The quantitative estimate of drug-likeness (QED) is 0.825. The van der Waals surface area contributed by atoms with Crippen molar-refractivity contribution < 1.29 is 19.4 Å². The van der Waals surface area contributed by atoms with Crippen molar-refractivity contribution in [3.8, 4) is 0 Å². The number of likely N-dealkylation sites (tertiary alicyclic amines) is 1. The van der Waals surface area contributed by atoms with Crippen molar-refractivity contribution in [1.82, 2.24) is 10.2 Å². The SMILES string of the molecule is CC1(CNC(=O)N2CCCCCC2C(=O)O)CCCO1. The average molecular weight is 284 g/mol. The fourth-order valence-corrected chi connectivity index (χ4v) is 2.95. The fourth-order valence-electron chi connectivity index (χ4n) is 2.95. The van der Waals surface area contributed by atoms with Gasteiger partial charge in [-0.15, -0.1) is 0 Å². The summed E-state index contributed by atoms with van der Waals surface area (Å²) in [6.07, 6.45) is 5.18. The van der Waals surface area contributed by atoms with Crippen molar-refractivity contribution in [3.63, 3.8) is 0 Å². The number of carbonyl (C=O) groups is 2. The minimum Gasteiger partial charge on any atom is -0.480 e. The number of aliphatic carboxylic acids is 1. The average Bonchev–Trinajstić information content (AvgIpc) is 2.70. The third-order valence-corrected chi connectivity index (χ3v) is 4.21. The lowest BCUT2D eigenvalue weighted by Crippen LogP contribution is -2.52. The highest BCUT2D eigenvalue weighted by atomic mass is 16.5. The van der Waals surface area contributed by atoms with Crippen molar-refractivity contribution in [1.29, 1.82) is 0 Å². The van der Waals surface area contributed by atoms with Crippen LogP contribution < -0.4 is 5.32 Å². The first-order valence-corrected chi connectivity index (χ1v) is 7.43. The molecule has 2 saturated heterocycles. The summed E-state index contributed by atoms with van der Waals surface area (Å²) in [6, 6.07) is -0.981. The number of carboxylic acid groups (broad SMARTS) is 1. The minimum atomic E-state index is -0.912. The number of rotatable bonds is 3. The van der Waals surface area contributed by atoms with E-state index < -0.39 is 12.0 Å². The summed E-state index contributed by atoms with van der Waals surface area (Å²) >= 11 is 0. The van der Waals surface area contributed by atoms with Gasteiger partial charge in [0.15, 0.2) is 0 Å². The lowest BCUT2D eigenvalue weighted by atomic mass is 10.0. The second-order valence-corrected chi connectivity index (χ2v) is 5.96. The Morgan fingerprint density at radius 3 is 2.80 bits per heavy atom. The van der Waals surface area contributed by atoms with Crippen LogP contribution in [0.15, 0.2) is 0 Å². The summed E-state index contributed by atoms with van der Waals surface area (Å²) in [5.74, 6) is -0.912. The normalized spacial score (nSPS) is 30.9. The van der Waals surface area contributed by atoms with Crippen LogP contribution in [0.2, 0.25) is 0 Å². The van der Waals surface area contributed by atoms with E-state index >= 15 is 0 Å².